The second-order valence-electron chi connectivity index (χ2n) is 9.93. The van der Waals surface area contributed by atoms with Crippen LogP contribution in [-0.2, 0) is 20.1 Å². The van der Waals surface area contributed by atoms with E-state index in [0.29, 0.717) is 11.3 Å². The van der Waals surface area contributed by atoms with Gasteiger partial charge in [-0.15, -0.1) is 42.6 Å². The summed E-state index contributed by atoms with van der Waals surface area (Å²) in [5, 5.41) is 1.70. The Morgan fingerprint density at radius 3 is 2.26 bits per heavy atom. The molecule has 43 heavy (non-hydrogen) atoms. The Balaban J connectivity index is 0.000000241. The molecule has 0 fully saturated rings. The zero-order chi connectivity index (χ0) is 31.0. The van der Waals surface area contributed by atoms with Crippen molar-refractivity contribution in [3.63, 3.8) is 0 Å². The summed E-state index contributed by atoms with van der Waals surface area (Å²) in [7, 11) is 0. The van der Waals surface area contributed by atoms with Crippen molar-refractivity contribution in [3.05, 3.63) is 152 Å². The van der Waals surface area contributed by atoms with Gasteiger partial charge in [0.2, 0.25) is 5.71 Å². The Kier molecular flexibility index (Phi) is 7.05. The quantitative estimate of drug-likeness (QED) is 0.169. The van der Waals surface area contributed by atoms with Crippen LogP contribution >= 0.6 is 0 Å². The molecule has 0 saturated heterocycles. The van der Waals surface area contributed by atoms with Crippen molar-refractivity contribution in [3.8, 4) is 11.3 Å². The Bertz CT molecular complexity index is 2070. The number of nitrogens with zero attached hydrogens (tertiary/aromatic N) is 4. The van der Waals surface area contributed by atoms with Crippen LogP contribution in [-0.4, -0.2) is 9.97 Å². The first-order valence-electron chi connectivity index (χ1n) is 15.2. The monoisotopic (exact) mass is 740 g/mol. The molecule has 7 aromatic rings. The third kappa shape index (κ3) is 5.43. The minimum atomic E-state index is -2.29. The van der Waals surface area contributed by atoms with Crippen LogP contribution in [0.2, 0.25) is 0 Å². The summed E-state index contributed by atoms with van der Waals surface area (Å²) < 4.78 is 29.3. The largest absolute Gasteiger partial charge is 0.473 e. The predicted octanol–water partition coefficient (Wildman–Crippen LogP) is 9.55. The van der Waals surface area contributed by atoms with E-state index in [2.05, 4.69) is 62.8 Å². The fraction of sp³-hybridized carbons (Fsp3) is 0.0541. The maximum Gasteiger partial charge on any atom is 0.227 e. The number of para-hydroxylation sites is 3. The van der Waals surface area contributed by atoms with Crippen molar-refractivity contribution in [2.75, 3.05) is 9.80 Å². The standard InChI is InChI=1S/C26H20N3O.C11H8N.Ir/c1-17-12-14-20-21-15-13-18(2)27-26(21)30-25(20)24(17)29-16-28(19-8-4-3-5-9-19)22-10-6-7-11-23(22)29;1-2-6-10(7-3-1)11-8-4-5-9-12-11;/h3-16H,1-2H3;1-6,8-9H;/q2*-1;/i2D3;;. The molecule has 0 amide bonds. The fourth-order valence-corrected chi connectivity index (χ4v) is 5.26. The Hall–Kier alpha value is -4.77. The summed E-state index contributed by atoms with van der Waals surface area (Å²) in [6.45, 7) is 1.82. The SMILES string of the molecule is [2H]C([2H])([2H])c1ccc2c(n1)oc1c(N3[CH-]N(c4ccccc4)c4ccccc43)c(C)ccc12.[Ir].[c-]1ccccc1-c1ccccn1. The molecule has 4 aromatic carbocycles. The molecule has 1 aliphatic rings. The Morgan fingerprint density at radius 1 is 0.767 bits per heavy atom. The van der Waals surface area contributed by atoms with Gasteiger partial charge in [-0.25, -0.2) is 4.98 Å². The van der Waals surface area contributed by atoms with Gasteiger partial charge in [0.25, 0.3) is 0 Å². The Labute approximate surface area is 269 Å². The number of fused-ring (bicyclic) bond motifs is 4. The normalized spacial score (nSPS) is 13.4. The molecule has 213 valence electrons. The number of furan rings is 1. The molecule has 4 heterocycles. The van der Waals surface area contributed by atoms with Gasteiger partial charge < -0.3 is 19.2 Å². The molecular weight excluding hydrogens is 709 g/mol. The minimum absolute atomic E-state index is 0. The van der Waals surface area contributed by atoms with Crippen molar-refractivity contribution in [2.45, 2.75) is 13.8 Å². The molecule has 0 spiro atoms. The molecule has 0 N–H and O–H groups in total. The summed E-state index contributed by atoms with van der Waals surface area (Å²) in [4.78, 5) is 12.8. The number of rotatable bonds is 3. The van der Waals surface area contributed by atoms with Crippen LogP contribution in [0.15, 0.2) is 132 Å². The molecular formula is C37H28IrN4O-2. The third-order valence-corrected chi connectivity index (χ3v) is 7.24. The van der Waals surface area contributed by atoms with E-state index >= 15 is 0 Å². The first-order chi connectivity index (χ1) is 21.9. The zero-order valence-electron chi connectivity index (χ0n) is 26.2. The van der Waals surface area contributed by atoms with Crippen molar-refractivity contribution in [1.29, 1.82) is 0 Å². The molecule has 0 saturated carbocycles. The molecule has 0 bridgehead atoms. The van der Waals surface area contributed by atoms with Gasteiger partial charge >= 0.3 is 0 Å². The van der Waals surface area contributed by atoms with Crippen molar-refractivity contribution < 1.29 is 28.6 Å². The van der Waals surface area contributed by atoms with E-state index in [0.717, 1.165) is 50.3 Å². The summed E-state index contributed by atoms with van der Waals surface area (Å²) in [5.74, 6) is 0. The fourth-order valence-electron chi connectivity index (χ4n) is 5.26. The van der Waals surface area contributed by atoms with Crippen LogP contribution in [0.1, 0.15) is 15.4 Å². The van der Waals surface area contributed by atoms with Gasteiger partial charge in [-0.1, -0.05) is 54.6 Å². The van der Waals surface area contributed by atoms with E-state index in [1.807, 2.05) is 85.8 Å². The topological polar surface area (TPSA) is 45.4 Å². The van der Waals surface area contributed by atoms with E-state index < -0.39 is 6.85 Å². The summed E-state index contributed by atoms with van der Waals surface area (Å²) >= 11 is 0. The molecule has 6 heteroatoms. The number of aromatic nitrogens is 2. The van der Waals surface area contributed by atoms with Crippen LogP contribution in [0.5, 0.6) is 0 Å². The van der Waals surface area contributed by atoms with E-state index in [9.17, 15) is 0 Å². The molecule has 1 radical (unpaired) electrons. The van der Waals surface area contributed by atoms with E-state index in [-0.39, 0.29) is 25.8 Å². The van der Waals surface area contributed by atoms with Gasteiger partial charge in [0.15, 0.2) is 5.58 Å². The van der Waals surface area contributed by atoms with Crippen molar-refractivity contribution >= 4 is 44.8 Å². The second-order valence-corrected chi connectivity index (χ2v) is 9.93. The summed E-state index contributed by atoms with van der Waals surface area (Å²) in [5.41, 5.74) is 8.17. The van der Waals surface area contributed by atoms with Crippen LogP contribution in [0, 0.1) is 26.5 Å². The number of hydrogen-bond donors (Lipinski definition) is 0. The van der Waals surface area contributed by atoms with Gasteiger partial charge in [0, 0.05) is 63.9 Å². The van der Waals surface area contributed by atoms with Gasteiger partial charge in [-0.2, -0.15) is 0 Å². The van der Waals surface area contributed by atoms with Crippen LogP contribution in [0.4, 0.5) is 22.7 Å². The first kappa shape index (κ1) is 24.8. The van der Waals surface area contributed by atoms with E-state index in [4.69, 9.17) is 8.53 Å². The summed E-state index contributed by atoms with van der Waals surface area (Å²) in [6.07, 6.45) is 1.79. The minimum Gasteiger partial charge on any atom is -0.473 e. The van der Waals surface area contributed by atoms with E-state index in [1.165, 1.54) is 0 Å². The first-order valence-corrected chi connectivity index (χ1v) is 13.7. The third-order valence-electron chi connectivity index (χ3n) is 7.24. The van der Waals surface area contributed by atoms with Crippen molar-refractivity contribution in [2.24, 2.45) is 0 Å². The second kappa shape index (κ2) is 12.2. The average molecular weight is 740 g/mol. The molecule has 0 unspecified atom stereocenters. The van der Waals surface area contributed by atoms with Crippen LogP contribution in [0.25, 0.3) is 33.3 Å². The predicted molar refractivity (Wildman–Crippen MR) is 171 cm³/mol. The van der Waals surface area contributed by atoms with Gasteiger partial charge in [-0.3, -0.25) is 0 Å². The summed E-state index contributed by atoms with van der Waals surface area (Å²) in [6, 6.07) is 42.6. The van der Waals surface area contributed by atoms with Gasteiger partial charge in [-0.05, 0) is 67.5 Å². The molecule has 8 rings (SSSR count). The van der Waals surface area contributed by atoms with Gasteiger partial charge in [0.1, 0.15) is 0 Å². The number of pyridine rings is 2. The number of hydrogen-bond acceptors (Lipinski definition) is 5. The van der Waals surface area contributed by atoms with Crippen LogP contribution in [0.3, 0.4) is 0 Å². The smallest absolute Gasteiger partial charge is 0.227 e. The number of benzene rings is 4. The molecule has 0 aliphatic carbocycles. The van der Waals surface area contributed by atoms with Gasteiger partial charge in [0.05, 0.1) is 5.69 Å². The Morgan fingerprint density at radius 2 is 1.51 bits per heavy atom. The number of aryl methyl sites for hydroxylation is 2. The maximum absolute atomic E-state index is 7.69. The average Bonchev–Trinajstić information content (AvgIpc) is 3.64. The zero-order valence-corrected chi connectivity index (χ0v) is 25.6. The number of anilines is 4. The molecule has 5 nitrogen and oxygen atoms in total. The maximum atomic E-state index is 7.69. The molecule has 1 aliphatic heterocycles. The van der Waals surface area contributed by atoms with Crippen molar-refractivity contribution in [1.82, 2.24) is 9.97 Å². The molecule has 3 aromatic heterocycles. The van der Waals surface area contributed by atoms with E-state index in [1.54, 1.807) is 18.3 Å². The van der Waals surface area contributed by atoms with Crippen LogP contribution < -0.4 is 9.80 Å². The molecule has 0 atom stereocenters.